The molecule has 0 aromatic carbocycles. The third kappa shape index (κ3) is 1.68. The van der Waals surface area contributed by atoms with Crippen LogP contribution in [0.5, 0.6) is 0 Å². The first-order chi connectivity index (χ1) is 8.07. The number of imidazole rings is 1. The molecule has 6 heteroatoms. The first-order valence-electron chi connectivity index (χ1n) is 5.49. The van der Waals surface area contributed by atoms with Crippen LogP contribution < -0.4 is 5.73 Å². The molecular formula is C11H13N3O2S. The lowest BCUT2D eigenvalue weighted by Crippen LogP contribution is -2.07. The van der Waals surface area contributed by atoms with Crippen LogP contribution in [0.4, 0.5) is 5.69 Å². The molecule has 0 bridgehead atoms. The smallest absolute Gasteiger partial charge is 0.151 e. The van der Waals surface area contributed by atoms with Gasteiger partial charge in [0.05, 0.1) is 28.9 Å². The molecule has 90 valence electrons. The third-order valence-corrected chi connectivity index (χ3v) is 5.00. The Bertz CT molecular complexity index is 675. The van der Waals surface area contributed by atoms with Crippen LogP contribution in [0.15, 0.2) is 24.5 Å². The first-order valence-corrected chi connectivity index (χ1v) is 7.31. The second-order valence-corrected chi connectivity index (χ2v) is 6.66. The number of anilines is 1. The Balaban J connectivity index is 2.11. The number of nitrogens with zero attached hydrogens (tertiary/aromatic N) is 2. The van der Waals surface area contributed by atoms with Gasteiger partial charge in [0.1, 0.15) is 5.82 Å². The Morgan fingerprint density at radius 1 is 1.47 bits per heavy atom. The van der Waals surface area contributed by atoms with Gasteiger partial charge in [0.15, 0.2) is 9.84 Å². The van der Waals surface area contributed by atoms with Crippen LogP contribution in [0.2, 0.25) is 0 Å². The maximum atomic E-state index is 11.5. The Kier molecular flexibility index (Phi) is 2.16. The molecule has 1 atom stereocenters. The zero-order valence-corrected chi connectivity index (χ0v) is 10.0. The van der Waals surface area contributed by atoms with Crippen LogP contribution in [0.25, 0.3) is 5.52 Å². The van der Waals surface area contributed by atoms with Crippen LogP contribution in [0.1, 0.15) is 18.2 Å². The number of fused-ring (bicyclic) bond motifs is 1. The Hall–Kier alpha value is -1.56. The van der Waals surface area contributed by atoms with E-state index in [-0.39, 0.29) is 17.4 Å². The van der Waals surface area contributed by atoms with E-state index in [9.17, 15) is 8.42 Å². The van der Waals surface area contributed by atoms with Crippen LogP contribution in [0, 0.1) is 0 Å². The molecule has 3 rings (SSSR count). The minimum absolute atomic E-state index is 0.00991. The summed E-state index contributed by atoms with van der Waals surface area (Å²) in [5.74, 6) is 1.24. The fourth-order valence-corrected chi connectivity index (χ4v) is 4.10. The van der Waals surface area contributed by atoms with Crippen molar-refractivity contribution >= 4 is 21.0 Å². The number of nitrogens with two attached hydrogens (primary N) is 1. The van der Waals surface area contributed by atoms with Crippen molar-refractivity contribution in [3.8, 4) is 0 Å². The van der Waals surface area contributed by atoms with Gasteiger partial charge in [-0.25, -0.2) is 13.4 Å². The molecule has 0 radical (unpaired) electrons. The molecule has 2 aromatic rings. The van der Waals surface area contributed by atoms with Gasteiger partial charge in [0.2, 0.25) is 0 Å². The highest BCUT2D eigenvalue weighted by Gasteiger charge is 2.31. The highest BCUT2D eigenvalue weighted by Crippen LogP contribution is 2.29. The van der Waals surface area contributed by atoms with E-state index in [1.54, 1.807) is 6.20 Å². The Morgan fingerprint density at radius 3 is 3.00 bits per heavy atom. The molecule has 1 aliphatic heterocycles. The van der Waals surface area contributed by atoms with E-state index in [0.717, 1.165) is 11.3 Å². The van der Waals surface area contributed by atoms with E-state index >= 15 is 0 Å². The van der Waals surface area contributed by atoms with Crippen LogP contribution >= 0.6 is 0 Å². The number of nitrogen functional groups attached to an aromatic ring is 1. The highest BCUT2D eigenvalue weighted by molar-refractivity contribution is 7.91. The lowest BCUT2D eigenvalue weighted by atomic mass is 10.1. The first kappa shape index (κ1) is 10.6. The van der Waals surface area contributed by atoms with Gasteiger partial charge in [0, 0.05) is 12.1 Å². The second kappa shape index (κ2) is 3.46. The maximum absolute atomic E-state index is 11.5. The predicted octanol–water partition coefficient (Wildman–Crippen LogP) is 0.819. The molecular weight excluding hydrogens is 238 g/mol. The minimum Gasteiger partial charge on any atom is -0.397 e. The second-order valence-electron chi connectivity index (χ2n) is 4.44. The molecule has 0 saturated carbocycles. The topological polar surface area (TPSA) is 77.5 Å². The van der Waals surface area contributed by atoms with Gasteiger partial charge in [-0.1, -0.05) is 0 Å². The normalized spacial score (nSPS) is 23.2. The van der Waals surface area contributed by atoms with E-state index in [4.69, 9.17) is 5.73 Å². The lowest BCUT2D eigenvalue weighted by Gasteiger charge is -2.07. The van der Waals surface area contributed by atoms with Gasteiger partial charge in [-0.05, 0) is 18.6 Å². The standard InChI is InChI=1S/C11H13N3O2S/c12-9-2-1-4-14-10(9)6-13-11(14)8-3-5-17(15,16)7-8/h1-2,4,6,8H,3,5,7,12H2. The molecule has 1 saturated heterocycles. The fraction of sp³-hybridized carbons (Fsp3) is 0.364. The van der Waals surface area contributed by atoms with Crippen molar-refractivity contribution in [3.63, 3.8) is 0 Å². The van der Waals surface area contributed by atoms with Crippen LogP contribution in [0.3, 0.4) is 0 Å². The van der Waals surface area contributed by atoms with E-state index in [0.29, 0.717) is 12.1 Å². The van der Waals surface area contributed by atoms with Crippen molar-refractivity contribution < 1.29 is 8.42 Å². The highest BCUT2D eigenvalue weighted by atomic mass is 32.2. The molecule has 0 aliphatic carbocycles. The number of rotatable bonds is 1. The zero-order chi connectivity index (χ0) is 12.0. The van der Waals surface area contributed by atoms with Crippen molar-refractivity contribution in [1.29, 1.82) is 0 Å². The number of hydrogen-bond donors (Lipinski definition) is 1. The van der Waals surface area contributed by atoms with E-state index in [2.05, 4.69) is 4.98 Å². The summed E-state index contributed by atoms with van der Waals surface area (Å²) in [6.07, 6.45) is 4.23. The molecule has 2 aromatic heterocycles. The van der Waals surface area contributed by atoms with Crippen LogP contribution in [-0.4, -0.2) is 29.3 Å². The maximum Gasteiger partial charge on any atom is 0.151 e. The molecule has 3 heterocycles. The van der Waals surface area contributed by atoms with Crippen molar-refractivity contribution in [2.45, 2.75) is 12.3 Å². The van der Waals surface area contributed by atoms with Crippen molar-refractivity contribution in [3.05, 3.63) is 30.4 Å². The number of sulfone groups is 1. The van der Waals surface area contributed by atoms with Gasteiger partial charge >= 0.3 is 0 Å². The molecule has 0 spiro atoms. The molecule has 1 fully saturated rings. The number of hydrogen-bond acceptors (Lipinski definition) is 4. The number of aromatic nitrogens is 2. The summed E-state index contributed by atoms with van der Waals surface area (Å²) in [5, 5.41) is 0. The zero-order valence-electron chi connectivity index (χ0n) is 9.20. The molecule has 2 N–H and O–H groups in total. The summed E-state index contributed by atoms with van der Waals surface area (Å²) in [4.78, 5) is 4.32. The quantitative estimate of drug-likeness (QED) is 0.814. The minimum atomic E-state index is -2.88. The molecule has 1 unspecified atom stereocenters. The molecule has 1 aliphatic rings. The average Bonchev–Trinajstić information content (AvgIpc) is 2.82. The molecule has 5 nitrogen and oxygen atoms in total. The van der Waals surface area contributed by atoms with Crippen molar-refractivity contribution in [1.82, 2.24) is 9.38 Å². The summed E-state index contributed by atoms with van der Waals surface area (Å²) in [6, 6.07) is 3.66. The van der Waals surface area contributed by atoms with Gasteiger partial charge in [-0.15, -0.1) is 0 Å². The van der Waals surface area contributed by atoms with E-state index < -0.39 is 9.84 Å². The van der Waals surface area contributed by atoms with Crippen molar-refractivity contribution in [2.24, 2.45) is 0 Å². The predicted molar refractivity (Wildman–Crippen MR) is 65.6 cm³/mol. The number of pyridine rings is 1. The average molecular weight is 251 g/mol. The fourth-order valence-electron chi connectivity index (χ4n) is 2.36. The lowest BCUT2D eigenvalue weighted by molar-refractivity contribution is 0.601. The van der Waals surface area contributed by atoms with Crippen LogP contribution in [-0.2, 0) is 9.84 Å². The summed E-state index contributed by atoms with van der Waals surface area (Å²) in [5.41, 5.74) is 7.34. The van der Waals surface area contributed by atoms with Gasteiger partial charge in [-0.3, -0.25) is 0 Å². The Morgan fingerprint density at radius 2 is 2.29 bits per heavy atom. The van der Waals surface area contributed by atoms with Crippen molar-refractivity contribution in [2.75, 3.05) is 17.2 Å². The third-order valence-electron chi connectivity index (χ3n) is 3.23. The summed E-state index contributed by atoms with van der Waals surface area (Å²) >= 11 is 0. The van der Waals surface area contributed by atoms with Gasteiger partial charge in [-0.2, -0.15) is 0 Å². The van der Waals surface area contributed by atoms with E-state index in [1.165, 1.54) is 0 Å². The van der Waals surface area contributed by atoms with Gasteiger partial charge < -0.3 is 10.1 Å². The summed E-state index contributed by atoms with van der Waals surface area (Å²) in [6.45, 7) is 0. The largest absolute Gasteiger partial charge is 0.397 e. The molecule has 17 heavy (non-hydrogen) atoms. The summed E-state index contributed by atoms with van der Waals surface area (Å²) in [7, 11) is -2.88. The monoisotopic (exact) mass is 251 g/mol. The summed E-state index contributed by atoms with van der Waals surface area (Å²) < 4.78 is 24.8. The Labute approximate surface area is 99.2 Å². The van der Waals surface area contributed by atoms with Gasteiger partial charge in [0.25, 0.3) is 0 Å². The SMILES string of the molecule is Nc1cccn2c(C3CCS(=O)(=O)C3)ncc12. The molecule has 0 amide bonds. The van der Waals surface area contributed by atoms with E-state index in [1.807, 2.05) is 22.7 Å².